The van der Waals surface area contributed by atoms with Gasteiger partial charge in [0.15, 0.2) is 0 Å². The van der Waals surface area contributed by atoms with Gasteiger partial charge in [-0.2, -0.15) is 13.2 Å². The van der Waals surface area contributed by atoms with Crippen molar-refractivity contribution in [2.45, 2.75) is 25.6 Å². The van der Waals surface area contributed by atoms with E-state index in [0.29, 0.717) is 5.56 Å². The van der Waals surface area contributed by atoms with Crippen LogP contribution < -0.4 is 0 Å². The first-order valence-electron chi connectivity index (χ1n) is 5.78. The standard InChI is InChI=1S/C13H16F3NO2/c1-9(8-18)17(2)12(19)7-10-4-3-5-11(6-10)13(14,15)16/h3-6,9,18H,7-8H2,1-2H3. The van der Waals surface area contributed by atoms with Gasteiger partial charge < -0.3 is 10.0 Å². The molecule has 0 saturated heterocycles. The molecule has 0 bridgehead atoms. The van der Waals surface area contributed by atoms with E-state index in [-0.39, 0.29) is 25.0 Å². The van der Waals surface area contributed by atoms with Crippen molar-refractivity contribution in [3.63, 3.8) is 0 Å². The van der Waals surface area contributed by atoms with Crippen LogP contribution in [0.3, 0.4) is 0 Å². The van der Waals surface area contributed by atoms with E-state index in [9.17, 15) is 18.0 Å². The average Bonchev–Trinajstić information content (AvgIpc) is 2.36. The van der Waals surface area contributed by atoms with Crippen LogP contribution in [0.2, 0.25) is 0 Å². The summed E-state index contributed by atoms with van der Waals surface area (Å²) in [5, 5.41) is 8.93. The van der Waals surface area contributed by atoms with Crippen LogP contribution in [0.4, 0.5) is 13.2 Å². The van der Waals surface area contributed by atoms with Gasteiger partial charge in [-0.05, 0) is 18.6 Å². The van der Waals surface area contributed by atoms with E-state index in [1.807, 2.05) is 0 Å². The molecule has 1 N–H and O–H groups in total. The Hall–Kier alpha value is -1.56. The highest BCUT2D eigenvalue weighted by Crippen LogP contribution is 2.29. The van der Waals surface area contributed by atoms with Crippen molar-refractivity contribution < 1.29 is 23.1 Å². The third kappa shape index (κ3) is 4.24. The number of halogens is 3. The first kappa shape index (κ1) is 15.5. The second-order valence-electron chi connectivity index (χ2n) is 4.41. The zero-order valence-corrected chi connectivity index (χ0v) is 10.7. The van der Waals surface area contributed by atoms with Gasteiger partial charge in [-0.1, -0.05) is 18.2 Å². The molecule has 0 aliphatic rings. The number of aliphatic hydroxyl groups is 1. The number of rotatable bonds is 4. The van der Waals surface area contributed by atoms with E-state index in [0.717, 1.165) is 12.1 Å². The fourth-order valence-corrected chi connectivity index (χ4v) is 1.53. The summed E-state index contributed by atoms with van der Waals surface area (Å²) in [7, 11) is 1.51. The van der Waals surface area contributed by atoms with Gasteiger partial charge in [0.1, 0.15) is 0 Å². The van der Waals surface area contributed by atoms with Gasteiger partial charge in [0.2, 0.25) is 5.91 Å². The Bertz CT molecular complexity index is 446. The molecule has 1 amide bonds. The molecule has 1 unspecified atom stereocenters. The summed E-state index contributed by atoms with van der Waals surface area (Å²) in [6, 6.07) is 4.33. The summed E-state index contributed by atoms with van der Waals surface area (Å²) in [5.74, 6) is -0.333. The third-order valence-electron chi connectivity index (χ3n) is 2.93. The Kier molecular flexibility index (Phi) is 4.94. The van der Waals surface area contributed by atoms with E-state index in [2.05, 4.69) is 0 Å². The molecule has 1 atom stereocenters. The van der Waals surface area contributed by atoms with Gasteiger partial charge >= 0.3 is 6.18 Å². The Morgan fingerprint density at radius 1 is 1.42 bits per heavy atom. The summed E-state index contributed by atoms with van der Waals surface area (Å²) in [6.07, 6.45) is -4.53. The Morgan fingerprint density at radius 2 is 2.05 bits per heavy atom. The number of likely N-dealkylation sites (N-methyl/N-ethyl adjacent to an activating group) is 1. The maximum absolute atomic E-state index is 12.5. The molecule has 0 heterocycles. The van der Waals surface area contributed by atoms with E-state index in [4.69, 9.17) is 5.11 Å². The Labute approximate surface area is 109 Å². The predicted molar refractivity (Wildman–Crippen MR) is 64.5 cm³/mol. The van der Waals surface area contributed by atoms with Crippen LogP contribution in [0, 0.1) is 0 Å². The lowest BCUT2D eigenvalue weighted by atomic mass is 10.1. The van der Waals surface area contributed by atoms with Crippen molar-refractivity contribution in [1.29, 1.82) is 0 Å². The molecule has 1 aromatic carbocycles. The van der Waals surface area contributed by atoms with Gasteiger partial charge in [-0.3, -0.25) is 4.79 Å². The maximum atomic E-state index is 12.5. The smallest absolute Gasteiger partial charge is 0.394 e. The van der Waals surface area contributed by atoms with Crippen molar-refractivity contribution in [3.8, 4) is 0 Å². The zero-order chi connectivity index (χ0) is 14.6. The van der Waals surface area contributed by atoms with Crippen LogP contribution in [-0.2, 0) is 17.4 Å². The molecule has 19 heavy (non-hydrogen) atoms. The summed E-state index contributed by atoms with van der Waals surface area (Å²) in [4.78, 5) is 13.1. The minimum absolute atomic E-state index is 0.120. The number of hydrogen-bond donors (Lipinski definition) is 1. The molecule has 106 valence electrons. The number of hydrogen-bond acceptors (Lipinski definition) is 2. The average molecular weight is 275 g/mol. The SMILES string of the molecule is CC(CO)N(C)C(=O)Cc1cccc(C(F)(F)F)c1. The van der Waals surface area contributed by atoms with Crippen molar-refractivity contribution in [2.75, 3.05) is 13.7 Å². The van der Waals surface area contributed by atoms with Crippen LogP contribution in [0.5, 0.6) is 0 Å². The van der Waals surface area contributed by atoms with Crippen molar-refractivity contribution >= 4 is 5.91 Å². The van der Waals surface area contributed by atoms with Gasteiger partial charge in [0.25, 0.3) is 0 Å². The minimum atomic E-state index is -4.41. The number of nitrogens with zero attached hydrogens (tertiary/aromatic N) is 1. The van der Waals surface area contributed by atoms with Gasteiger partial charge in [0.05, 0.1) is 24.6 Å². The molecule has 1 rings (SSSR count). The van der Waals surface area contributed by atoms with Crippen LogP contribution in [0.25, 0.3) is 0 Å². The first-order chi connectivity index (χ1) is 8.75. The molecular weight excluding hydrogens is 259 g/mol. The van der Waals surface area contributed by atoms with Crippen molar-refractivity contribution in [3.05, 3.63) is 35.4 Å². The molecule has 0 radical (unpaired) electrons. The highest BCUT2D eigenvalue weighted by molar-refractivity contribution is 5.78. The summed E-state index contributed by atoms with van der Waals surface area (Å²) >= 11 is 0. The van der Waals surface area contributed by atoms with E-state index in [1.54, 1.807) is 6.92 Å². The molecule has 0 spiro atoms. The second kappa shape index (κ2) is 6.06. The molecule has 6 heteroatoms. The van der Waals surface area contributed by atoms with Crippen molar-refractivity contribution in [2.24, 2.45) is 0 Å². The zero-order valence-electron chi connectivity index (χ0n) is 10.7. The number of alkyl halides is 3. The predicted octanol–water partition coefficient (Wildman–Crippen LogP) is 2.09. The first-order valence-corrected chi connectivity index (χ1v) is 5.78. The van der Waals surface area contributed by atoms with E-state index in [1.165, 1.54) is 24.1 Å². The maximum Gasteiger partial charge on any atom is 0.416 e. The fourth-order valence-electron chi connectivity index (χ4n) is 1.53. The lowest BCUT2D eigenvalue weighted by Crippen LogP contribution is -2.38. The summed E-state index contributed by atoms with van der Waals surface area (Å²) in [5.41, 5.74) is -0.465. The van der Waals surface area contributed by atoms with Crippen LogP contribution >= 0.6 is 0 Å². The van der Waals surface area contributed by atoms with E-state index >= 15 is 0 Å². The van der Waals surface area contributed by atoms with Crippen LogP contribution in [0.15, 0.2) is 24.3 Å². The van der Waals surface area contributed by atoms with Crippen LogP contribution in [0.1, 0.15) is 18.1 Å². The molecule has 1 aromatic rings. The van der Waals surface area contributed by atoms with E-state index < -0.39 is 11.7 Å². The highest BCUT2D eigenvalue weighted by Gasteiger charge is 2.30. The third-order valence-corrected chi connectivity index (χ3v) is 2.93. The number of amides is 1. The lowest BCUT2D eigenvalue weighted by Gasteiger charge is -2.23. The van der Waals surface area contributed by atoms with Crippen molar-refractivity contribution in [1.82, 2.24) is 4.90 Å². The normalized spacial score (nSPS) is 13.2. The Morgan fingerprint density at radius 3 is 2.58 bits per heavy atom. The minimum Gasteiger partial charge on any atom is -0.394 e. The molecule has 0 fully saturated rings. The Balaban J connectivity index is 2.80. The topological polar surface area (TPSA) is 40.5 Å². The highest BCUT2D eigenvalue weighted by atomic mass is 19.4. The molecule has 3 nitrogen and oxygen atoms in total. The number of carbonyl (C=O) groups excluding carboxylic acids is 1. The van der Waals surface area contributed by atoms with Crippen LogP contribution in [-0.4, -0.2) is 35.6 Å². The molecule has 0 aliphatic heterocycles. The molecule has 0 aliphatic carbocycles. The lowest BCUT2D eigenvalue weighted by molar-refractivity contribution is -0.138. The quantitative estimate of drug-likeness (QED) is 0.914. The molecule has 0 saturated carbocycles. The second-order valence-corrected chi connectivity index (χ2v) is 4.41. The fraction of sp³-hybridized carbons (Fsp3) is 0.462. The largest absolute Gasteiger partial charge is 0.416 e. The monoisotopic (exact) mass is 275 g/mol. The number of carbonyl (C=O) groups is 1. The number of aliphatic hydroxyl groups excluding tert-OH is 1. The summed E-state index contributed by atoms with van der Waals surface area (Å²) < 4.78 is 37.6. The summed E-state index contributed by atoms with van der Waals surface area (Å²) in [6.45, 7) is 1.47. The molecule has 0 aromatic heterocycles. The van der Waals surface area contributed by atoms with Gasteiger partial charge in [0, 0.05) is 7.05 Å². The van der Waals surface area contributed by atoms with Gasteiger partial charge in [-0.25, -0.2) is 0 Å². The number of benzene rings is 1. The van der Waals surface area contributed by atoms with Gasteiger partial charge in [-0.15, -0.1) is 0 Å². The molecular formula is C13H16F3NO2.